The number of hydrogen-bond donors (Lipinski definition) is 2. The third-order valence-electron chi connectivity index (χ3n) is 4.77. The van der Waals surface area contributed by atoms with E-state index in [1.54, 1.807) is 23.0 Å². The van der Waals surface area contributed by atoms with E-state index in [1.807, 2.05) is 30.5 Å². The van der Waals surface area contributed by atoms with Crippen molar-refractivity contribution in [1.29, 1.82) is 0 Å². The molecule has 2 N–H and O–H groups in total. The van der Waals surface area contributed by atoms with Gasteiger partial charge in [-0.3, -0.25) is 0 Å². The zero-order valence-electron chi connectivity index (χ0n) is 15.8. The van der Waals surface area contributed by atoms with Gasteiger partial charge in [-0.1, -0.05) is 28.1 Å². The van der Waals surface area contributed by atoms with E-state index in [-0.39, 0.29) is 12.1 Å². The first kappa shape index (κ1) is 20.7. The van der Waals surface area contributed by atoms with Crippen LogP contribution < -0.4 is 5.32 Å². The first-order valence-electron chi connectivity index (χ1n) is 8.96. The molecule has 0 aliphatic carbocycles. The number of imidazole rings is 1. The van der Waals surface area contributed by atoms with Gasteiger partial charge in [-0.05, 0) is 36.1 Å². The summed E-state index contributed by atoms with van der Waals surface area (Å²) in [6.45, 7) is 0.526. The quantitative estimate of drug-likeness (QED) is 0.638. The molecule has 1 aromatic heterocycles. The Morgan fingerprint density at radius 2 is 2.18 bits per heavy atom. The predicted molar refractivity (Wildman–Crippen MR) is 112 cm³/mol. The Labute approximate surface area is 176 Å². The summed E-state index contributed by atoms with van der Waals surface area (Å²) in [6, 6.07) is 6.56. The highest BCUT2D eigenvalue weighted by atomic mass is 79.9. The summed E-state index contributed by atoms with van der Waals surface area (Å²) in [4.78, 5) is 34.6. The van der Waals surface area contributed by atoms with Crippen molar-refractivity contribution in [2.45, 2.75) is 24.9 Å². The zero-order chi connectivity index (χ0) is 20.1. The number of carbonyl (C=O) groups excluding carboxylic acids is 2. The van der Waals surface area contributed by atoms with Gasteiger partial charge in [0, 0.05) is 23.1 Å². The van der Waals surface area contributed by atoms with E-state index in [0.717, 1.165) is 27.2 Å². The summed E-state index contributed by atoms with van der Waals surface area (Å²) in [5.74, 6) is 0.319. The van der Waals surface area contributed by atoms with Crippen LogP contribution in [0.15, 0.2) is 35.1 Å². The molecule has 0 radical (unpaired) electrons. The number of rotatable bonds is 6. The number of H-pyrrole nitrogens is 1. The Hall–Kier alpha value is -2.00. The molecule has 0 saturated heterocycles. The SMILES string of the molecule is COC(=O)[C@H](CCSC)NC(=O)N1CCc2[nH]cnc2C1c1ccc(Br)cc1. The number of thioether (sulfide) groups is 1. The van der Waals surface area contributed by atoms with Crippen LogP contribution in [0.1, 0.15) is 29.4 Å². The molecule has 2 heterocycles. The molecule has 2 amide bonds. The number of methoxy groups -OCH3 is 1. The Bertz CT molecular complexity index is 827. The van der Waals surface area contributed by atoms with Gasteiger partial charge in [-0.25, -0.2) is 14.6 Å². The average molecular weight is 467 g/mol. The fraction of sp³-hybridized carbons (Fsp3) is 0.421. The average Bonchev–Trinajstić information content (AvgIpc) is 3.19. The van der Waals surface area contributed by atoms with Crippen molar-refractivity contribution in [1.82, 2.24) is 20.2 Å². The van der Waals surface area contributed by atoms with Crippen LogP contribution in [0.5, 0.6) is 0 Å². The van der Waals surface area contributed by atoms with Gasteiger partial charge in [-0.15, -0.1) is 0 Å². The van der Waals surface area contributed by atoms with E-state index in [4.69, 9.17) is 4.74 Å². The predicted octanol–water partition coefficient (Wildman–Crippen LogP) is 3.12. The Morgan fingerprint density at radius 3 is 2.86 bits per heavy atom. The summed E-state index contributed by atoms with van der Waals surface area (Å²) in [6.07, 6.45) is 4.82. The smallest absolute Gasteiger partial charge is 0.328 e. The number of nitrogens with one attached hydrogen (secondary N) is 2. The van der Waals surface area contributed by atoms with E-state index >= 15 is 0 Å². The summed E-state index contributed by atoms with van der Waals surface area (Å²) in [7, 11) is 1.34. The Morgan fingerprint density at radius 1 is 1.43 bits per heavy atom. The normalized spacial score (nSPS) is 17.0. The summed E-state index contributed by atoms with van der Waals surface area (Å²) >= 11 is 5.07. The third kappa shape index (κ3) is 4.52. The first-order valence-corrected chi connectivity index (χ1v) is 11.1. The number of amides is 2. The van der Waals surface area contributed by atoms with Crippen molar-refractivity contribution in [3.05, 3.63) is 52.0 Å². The van der Waals surface area contributed by atoms with Crippen molar-refractivity contribution < 1.29 is 14.3 Å². The largest absolute Gasteiger partial charge is 0.467 e. The summed E-state index contributed by atoms with van der Waals surface area (Å²) in [5, 5.41) is 2.86. The third-order valence-corrected chi connectivity index (χ3v) is 5.94. The Kier molecular flexibility index (Phi) is 7.01. The fourth-order valence-electron chi connectivity index (χ4n) is 3.34. The Balaban J connectivity index is 1.86. The highest BCUT2D eigenvalue weighted by Gasteiger charge is 2.35. The van der Waals surface area contributed by atoms with Crippen LogP contribution in [0.2, 0.25) is 0 Å². The number of carbonyl (C=O) groups is 2. The van der Waals surface area contributed by atoms with Crippen LogP contribution >= 0.6 is 27.7 Å². The lowest BCUT2D eigenvalue weighted by molar-refractivity contribution is -0.142. The minimum Gasteiger partial charge on any atom is -0.467 e. The van der Waals surface area contributed by atoms with E-state index in [2.05, 4.69) is 31.2 Å². The monoisotopic (exact) mass is 466 g/mol. The number of esters is 1. The van der Waals surface area contributed by atoms with Crippen molar-refractivity contribution in [2.75, 3.05) is 25.7 Å². The maximum Gasteiger partial charge on any atom is 0.328 e. The number of fused-ring (bicyclic) bond motifs is 1. The van der Waals surface area contributed by atoms with E-state index in [0.29, 0.717) is 19.4 Å². The molecule has 1 unspecified atom stereocenters. The molecule has 0 bridgehead atoms. The van der Waals surface area contributed by atoms with Crippen LogP contribution in [0.4, 0.5) is 4.79 Å². The van der Waals surface area contributed by atoms with Crippen molar-refractivity contribution >= 4 is 39.7 Å². The van der Waals surface area contributed by atoms with Gasteiger partial charge in [0.2, 0.25) is 0 Å². The van der Waals surface area contributed by atoms with Gasteiger partial charge in [0.15, 0.2) is 0 Å². The van der Waals surface area contributed by atoms with Gasteiger partial charge in [0.1, 0.15) is 12.1 Å². The number of benzene rings is 1. The lowest BCUT2D eigenvalue weighted by Crippen LogP contribution is -2.51. The van der Waals surface area contributed by atoms with Gasteiger partial charge >= 0.3 is 12.0 Å². The standard InChI is InChI=1S/C19H23BrN4O3S/c1-27-18(25)15(8-10-28-2)23-19(26)24-9-7-14-16(22-11-21-14)17(24)12-3-5-13(20)6-4-12/h3-6,11,15,17H,7-10H2,1-2H3,(H,21,22)(H,23,26)/t15-,17?/m0/s1. The molecule has 9 heteroatoms. The van der Waals surface area contributed by atoms with Crippen molar-refractivity contribution in [2.24, 2.45) is 0 Å². The molecule has 3 rings (SSSR count). The van der Waals surface area contributed by atoms with Crippen LogP contribution in [0, 0.1) is 0 Å². The fourth-order valence-corrected chi connectivity index (χ4v) is 4.07. The first-order chi connectivity index (χ1) is 13.5. The lowest BCUT2D eigenvalue weighted by atomic mass is 9.96. The van der Waals surface area contributed by atoms with Crippen molar-refractivity contribution in [3.8, 4) is 0 Å². The van der Waals surface area contributed by atoms with Crippen LogP contribution in [-0.4, -0.2) is 58.6 Å². The highest BCUT2D eigenvalue weighted by Crippen LogP contribution is 2.34. The van der Waals surface area contributed by atoms with Gasteiger partial charge in [-0.2, -0.15) is 11.8 Å². The molecule has 1 aliphatic heterocycles. The second-order valence-electron chi connectivity index (χ2n) is 6.47. The number of hydrogen-bond acceptors (Lipinski definition) is 5. The number of urea groups is 1. The molecule has 28 heavy (non-hydrogen) atoms. The van der Waals surface area contributed by atoms with E-state index in [1.165, 1.54) is 7.11 Å². The molecule has 1 aliphatic rings. The molecule has 7 nitrogen and oxygen atoms in total. The lowest BCUT2D eigenvalue weighted by Gasteiger charge is -2.36. The number of aromatic amines is 1. The van der Waals surface area contributed by atoms with E-state index < -0.39 is 12.0 Å². The maximum absolute atomic E-state index is 13.1. The summed E-state index contributed by atoms with van der Waals surface area (Å²) < 4.78 is 5.83. The van der Waals surface area contributed by atoms with Crippen LogP contribution in [0.25, 0.3) is 0 Å². The van der Waals surface area contributed by atoms with Crippen LogP contribution in [-0.2, 0) is 16.0 Å². The molecule has 1 aromatic carbocycles. The van der Waals surface area contributed by atoms with Gasteiger partial charge in [0.05, 0.1) is 19.1 Å². The molecule has 0 spiro atoms. The molecular weight excluding hydrogens is 444 g/mol. The number of ether oxygens (including phenoxy) is 1. The number of halogens is 1. The molecular formula is C19H23BrN4O3S. The maximum atomic E-state index is 13.1. The highest BCUT2D eigenvalue weighted by molar-refractivity contribution is 9.10. The zero-order valence-corrected chi connectivity index (χ0v) is 18.2. The number of aromatic nitrogens is 2. The van der Waals surface area contributed by atoms with Crippen molar-refractivity contribution in [3.63, 3.8) is 0 Å². The second-order valence-corrected chi connectivity index (χ2v) is 8.37. The molecule has 2 aromatic rings. The van der Waals surface area contributed by atoms with Crippen LogP contribution in [0.3, 0.4) is 0 Å². The molecule has 2 atom stereocenters. The van der Waals surface area contributed by atoms with Gasteiger partial charge in [0.25, 0.3) is 0 Å². The summed E-state index contributed by atoms with van der Waals surface area (Å²) in [5.41, 5.74) is 2.83. The van der Waals surface area contributed by atoms with E-state index in [9.17, 15) is 9.59 Å². The topological polar surface area (TPSA) is 87.3 Å². The molecule has 0 fully saturated rings. The minimum atomic E-state index is -0.670. The molecule has 150 valence electrons. The molecule has 0 saturated carbocycles. The second kappa shape index (κ2) is 9.47. The van der Waals surface area contributed by atoms with Gasteiger partial charge < -0.3 is 19.9 Å². The minimum absolute atomic E-state index is 0.293. The number of nitrogens with zero attached hydrogens (tertiary/aromatic N) is 2.